The van der Waals surface area contributed by atoms with Crippen molar-refractivity contribution in [1.82, 2.24) is 0 Å². The van der Waals surface area contributed by atoms with E-state index in [1.807, 2.05) is 27.7 Å². The zero-order valence-electron chi connectivity index (χ0n) is 13.1. The fourth-order valence-electron chi connectivity index (χ4n) is 1.04. The van der Waals surface area contributed by atoms with Gasteiger partial charge in [0.2, 0.25) is 0 Å². The van der Waals surface area contributed by atoms with Crippen molar-refractivity contribution in [2.75, 3.05) is 23.0 Å². The first-order valence-electron chi connectivity index (χ1n) is 5.44. The van der Waals surface area contributed by atoms with Crippen molar-refractivity contribution in [3.05, 3.63) is 0 Å². The third kappa shape index (κ3) is 20.1. The summed E-state index contributed by atoms with van der Waals surface area (Å²) in [6.45, 7) is 7.40. The fraction of sp³-hybridized carbons (Fsp3) is 1.00. The quantitative estimate of drug-likeness (QED) is 0.251. The molecule has 0 aliphatic heterocycles. The Hall–Kier alpha value is 3.97. The largest absolute Gasteiger partial charge is 2.00 e. The van der Waals surface area contributed by atoms with Gasteiger partial charge in [0.1, 0.15) is 0 Å². The molecule has 0 heterocycles. The molecule has 0 spiro atoms. The molecule has 0 saturated heterocycles. The maximum Gasteiger partial charge on any atom is 2.00 e. The number of rotatable bonds is 4. The summed E-state index contributed by atoms with van der Waals surface area (Å²) >= 11 is 8.63. The Kier molecular flexibility index (Phi) is 32.1. The molecule has 21 heavy (non-hydrogen) atoms. The minimum Gasteiger partial charge on any atom is -0.854 e. The first kappa shape index (κ1) is 36.0. The van der Waals surface area contributed by atoms with Crippen LogP contribution in [0.1, 0.15) is 27.7 Å². The van der Waals surface area contributed by atoms with Gasteiger partial charge in [0.25, 0.3) is 0 Å². The fourth-order valence-corrected chi connectivity index (χ4v) is 10.7. The molecule has 13 heteroatoms. The molecule has 0 unspecified atom stereocenters. The summed E-state index contributed by atoms with van der Waals surface area (Å²) < 4.78 is 0. The molecule has 0 atom stereocenters. The van der Waals surface area contributed by atoms with E-state index in [0.29, 0.717) is 23.0 Å². The second-order valence-electron chi connectivity index (χ2n) is 2.97. The van der Waals surface area contributed by atoms with Gasteiger partial charge in [0, 0.05) is 0 Å². The van der Waals surface area contributed by atoms with Gasteiger partial charge in [-0.1, -0.05) is 27.7 Å². The summed E-state index contributed by atoms with van der Waals surface area (Å²) in [5.74, 6) is 2.67. The van der Waals surface area contributed by atoms with Gasteiger partial charge in [0.05, 0.1) is 0 Å². The summed E-state index contributed by atoms with van der Waals surface area (Å²) in [5.41, 5.74) is -6.83. The first-order chi connectivity index (χ1) is 8.04. The van der Waals surface area contributed by atoms with Crippen LogP contribution in [-0.2, 0) is 103 Å². The van der Waals surface area contributed by atoms with Gasteiger partial charge in [0.15, 0.2) is 0 Å². The molecule has 0 fully saturated rings. The topological polar surface area (TPSA) is 92.2 Å². The van der Waals surface area contributed by atoms with E-state index in [1.165, 1.54) is 0 Å². The average molecular weight is 567 g/mol. The van der Waals surface area contributed by atoms with Gasteiger partial charge in [-0.25, -0.2) is 20.1 Å². The van der Waals surface area contributed by atoms with E-state index >= 15 is 0 Å². The van der Waals surface area contributed by atoms with Crippen molar-refractivity contribution in [2.24, 2.45) is 0 Å². The number of hydrogen-bond donors (Lipinski definition) is 0. The molecule has 0 aromatic heterocycles. The first-order valence-corrected chi connectivity index (χ1v) is 15.1. The Bertz CT molecular complexity index is 297. The molecule has 0 aliphatic carbocycles. The standard InChI is InChI=1S/2C4H10O2PS2.3Zn/c2*1-3-9(4-2)7(5,6)8;;;/h2*3-4H2,1-2H3;;;/q2*-3;3*+2. The molecule has 0 aromatic carbocycles. The molecule has 116 valence electrons. The number of hydrogen-bond acceptors (Lipinski definition) is 6. The van der Waals surface area contributed by atoms with E-state index in [2.05, 4.69) is 24.5 Å². The van der Waals surface area contributed by atoms with Gasteiger partial charge in [-0.2, -0.15) is 0 Å². The predicted molar refractivity (Wildman–Crippen MR) is 85.5 cm³/mol. The van der Waals surface area contributed by atoms with E-state index < -0.39 is 31.5 Å². The van der Waals surface area contributed by atoms with E-state index in [9.17, 15) is 19.6 Å². The third-order valence-electron chi connectivity index (χ3n) is 1.97. The van der Waals surface area contributed by atoms with E-state index in [4.69, 9.17) is 0 Å². The van der Waals surface area contributed by atoms with Crippen LogP contribution in [0.25, 0.3) is 0 Å². The van der Waals surface area contributed by atoms with Crippen molar-refractivity contribution in [3.63, 3.8) is 0 Å². The van der Waals surface area contributed by atoms with Crippen LogP contribution in [0.3, 0.4) is 0 Å². The monoisotopic (exact) mass is 562 g/mol. The van der Waals surface area contributed by atoms with Crippen LogP contribution < -0.4 is 19.6 Å². The Balaban J connectivity index is -0.0000000711. The van der Waals surface area contributed by atoms with Gasteiger partial charge >= 0.3 is 58.4 Å². The molecule has 0 radical (unpaired) electrons. The Morgan fingerprint density at radius 1 is 0.619 bits per heavy atom. The molecular weight excluding hydrogens is 546 g/mol. The zero-order valence-corrected chi connectivity index (χ0v) is 27.1. The van der Waals surface area contributed by atoms with Crippen molar-refractivity contribution in [2.45, 2.75) is 27.7 Å². The average Bonchev–Trinajstić information content (AvgIpc) is 2.17. The molecular formula is C8H20O4P2S4Zn3. The van der Waals surface area contributed by atoms with Crippen molar-refractivity contribution in [1.29, 1.82) is 0 Å². The van der Waals surface area contributed by atoms with Crippen molar-refractivity contribution in [3.8, 4) is 0 Å². The molecule has 0 saturated carbocycles. The third-order valence-corrected chi connectivity index (χ3v) is 16.6. The van der Waals surface area contributed by atoms with Crippen LogP contribution in [0.5, 0.6) is 0 Å². The minimum atomic E-state index is -3.41. The van der Waals surface area contributed by atoms with Crippen LogP contribution >= 0.6 is 11.4 Å². The maximum atomic E-state index is 10.6. The van der Waals surface area contributed by atoms with Gasteiger partial charge in [-0.15, -0.1) is 0 Å². The van der Waals surface area contributed by atoms with Crippen LogP contribution in [0.2, 0.25) is 0 Å². The zero-order chi connectivity index (χ0) is 15.0. The predicted octanol–water partition coefficient (Wildman–Crippen LogP) is -0.828. The second kappa shape index (κ2) is 18.8. The smallest absolute Gasteiger partial charge is 0.854 e. The Morgan fingerprint density at radius 2 is 0.762 bits per heavy atom. The van der Waals surface area contributed by atoms with Crippen LogP contribution in [0.4, 0.5) is 0 Å². The SMILES string of the molecule is CCS(CC)=P([O-])([O-])[S-].CCS(CC)=P([O-])([O-])[S-].[Zn+2].[Zn+2].[Zn+2]. The van der Waals surface area contributed by atoms with E-state index in [-0.39, 0.29) is 58.4 Å². The molecule has 4 nitrogen and oxygen atoms in total. The van der Waals surface area contributed by atoms with Gasteiger partial charge in [-0.05, 0) is 23.0 Å². The van der Waals surface area contributed by atoms with Crippen molar-refractivity contribution < 1.29 is 78.0 Å². The molecule has 0 aromatic rings. The summed E-state index contributed by atoms with van der Waals surface area (Å²) in [4.78, 5) is 42.6. The van der Waals surface area contributed by atoms with Gasteiger partial charge in [-0.3, -0.25) is 0 Å². The van der Waals surface area contributed by atoms with E-state index in [0.717, 1.165) is 0 Å². The summed E-state index contributed by atoms with van der Waals surface area (Å²) in [6, 6.07) is 0. The van der Waals surface area contributed by atoms with Crippen molar-refractivity contribution >= 4 is 56.0 Å². The molecule has 0 N–H and O–H groups in total. The molecule has 0 aliphatic rings. The maximum absolute atomic E-state index is 10.6. The summed E-state index contributed by atoms with van der Waals surface area (Å²) in [5, 5.41) is 0. The minimum absolute atomic E-state index is 0. The Morgan fingerprint density at radius 3 is 0.762 bits per heavy atom. The summed E-state index contributed by atoms with van der Waals surface area (Å²) in [7, 11) is -1.08. The van der Waals surface area contributed by atoms with Crippen LogP contribution in [-0.4, -0.2) is 23.0 Å². The molecule has 0 bridgehead atoms. The van der Waals surface area contributed by atoms with E-state index in [1.54, 1.807) is 0 Å². The molecule has 0 amide bonds. The molecule has 0 rings (SSSR count). The normalized spacial score (nSPS) is 10.9. The van der Waals surface area contributed by atoms with Crippen LogP contribution in [0, 0.1) is 0 Å². The Labute approximate surface area is 182 Å². The summed E-state index contributed by atoms with van der Waals surface area (Å²) in [6.07, 6.45) is 0. The second-order valence-corrected chi connectivity index (χ2v) is 19.2. The van der Waals surface area contributed by atoms with Crippen LogP contribution in [0.15, 0.2) is 0 Å². The van der Waals surface area contributed by atoms with Gasteiger partial charge < -0.3 is 55.5 Å².